The Balaban J connectivity index is 2.04. The molecule has 7 unspecified atom stereocenters. The van der Waals surface area contributed by atoms with Crippen molar-refractivity contribution in [1.82, 2.24) is 5.32 Å². The first-order valence-electron chi connectivity index (χ1n) is 35.1. The highest BCUT2D eigenvalue weighted by atomic mass is 16.7. The van der Waals surface area contributed by atoms with Crippen molar-refractivity contribution < 1.29 is 39.8 Å². The van der Waals surface area contributed by atoms with Gasteiger partial charge in [0.05, 0.1) is 25.4 Å². The SMILES string of the molecule is CCCCCCCCCCCCCCCCC/C=C/C(O)C(COC1OC(CO)C(O)C(O)C1O)NC(=O)CCCCCCCCCCCCCCCCCCC/C=C\CCCCCCCCCCCCCCCCCCCC. The van der Waals surface area contributed by atoms with Crippen LogP contribution in [0.3, 0.4) is 0 Å². The molecule has 468 valence electrons. The zero-order chi connectivity index (χ0) is 57.2. The largest absolute Gasteiger partial charge is 0.394 e. The second kappa shape index (κ2) is 59.8. The van der Waals surface area contributed by atoms with Gasteiger partial charge in [-0.05, 0) is 44.9 Å². The van der Waals surface area contributed by atoms with E-state index in [0.717, 1.165) is 38.5 Å². The van der Waals surface area contributed by atoms with Crippen LogP contribution in [0.15, 0.2) is 24.3 Å². The van der Waals surface area contributed by atoms with Gasteiger partial charge in [0.1, 0.15) is 24.4 Å². The second-order valence-electron chi connectivity index (χ2n) is 24.7. The molecule has 0 aliphatic carbocycles. The fourth-order valence-corrected chi connectivity index (χ4v) is 11.5. The van der Waals surface area contributed by atoms with Crippen molar-refractivity contribution in [3.05, 3.63) is 24.3 Å². The molecule has 1 amide bonds. The van der Waals surface area contributed by atoms with Gasteiger partial charge in [-0.2, -0.15) is 0 Å². The lowest BCUT2D eigenvalue weighted by Crippen LogP contribution is -2.60. The molecule has 1 rings (SSSR count). The van der Waals surface area contributed by atoms with Crippen molar-refractivity contribution in [2.45, 2.75) is 403 Å². The summed E-state index contributed by atoms with van der Waals surface area (Å²) in [7, 11) is 0. The molecule has 1 aliphatic rings. The minimum atomic E-state index is -1.57. The van der Waals surface area contributed by atoms with Gasteiger partial charge >= 0.3 is 0 Å². The Labute approximate surface area is 489 Å². The van der Waals surface area contributed by atoms with Gasteiger partial charge in [0.15, 0.2) is 6.29 Å². The van der Waals surface area contributed by atoms with E-state index < -0.39 is 49.5 Å². The van der Waals surface area contributed by atoms with Crippen LogP contribution in [0.25, 0.3) is 0 Å². The van der Waals surface area contributed by atoms with E-state index in [2.05, 4.69) is 31.3 Å². The number of aliphatic hydroxyl groups is 5. The van der Waals surface area contributed by atoms with Crippen molar-refractivity contribution in [2.24, 2.45) is 0 Å². The van der Waals surface area contributed by atoms with Crippen molar-refractivity contribution in [3.8, 4) is 0 Å². The van der Waals surface area contributed by atoms with E-state index in [1.165, 1.54) is 302 Å². The Morgan fingerprint density at radius 1 is 0.418 bits per heavy atom. The molecule has 1 aliphatic heterocycles. The maximum absolute atomic E-state index is 13.1. The lowest BCUT2D eigenvalue weighted by molar-refractivity contribution is -0.302. The van der Waals surface area contributed by atoms with Crippen LogP contribution in [0.4, 0.5) is 0 Å². The quantitative estimate of drug-likeness (QED) is 0.0261. The predicted octanol–water partition coefficient (Wildman–Crippen LogP) is 18.9. The van der Waals surface area contributed by atoms with Crippen LogP contribution >= 0.6 is 0 Å². The first-order chi connectivity index (χ1) is 38.8. The summed E-state index contributed by atoms with van der Waals surface area (Å²) in [5.74, 6) is -0.170. The molecule has 79 heavy (non-hydrogen) atoms. The highest BCUT2D eigenvalue weighted by Gasteiger charge is 2.44. The Hall–Kier alpha value is -1.33. The Bertz CT molecular complexity index is 1300. The summed E-state index contributed by atoms with van der Waals surface area (Å²) < 4.78 is 11.3. The first kappa shape index (κ1) is 75.7. The number of hydrogen-bond acceptors (Lipinski definition) is 8. The van der Waals surface area contributed by atoms with Crippen LogP contribution < -0.4 is 5.32 Å². The standard InChI is InChI=1S/C70H135NO8/c1-3-5-7-9-11-13-15-17-19-21-22-23-24-25-26-27-28-29-30-31-32-33-34-35-36-37-38-39-40-41-42-44-46-48-50-52-54-56-58-60-66(74)71-63(62-78-70-69(77)68(76)67(75)65(61-72)79-70)64(73)59-57-55-53-51-49-47-45-43-20-18-16-14-12-10-8-6-4-2/h31-32,57,59,63-65,67-70,72-73,75-77H,3-30,33-56,58,60-62H2,1-2H3,(H,71,74)/b32-31-,59-57+. The van der Waals surface area contributed by atoms with E-state index >= 15 is 0 Å². The molecular weight excluding hydrogens is 983 g/mol. The number of nitrogens with one attached hydrogen (secondary N) is 1. The van der Waals surface area contributed by atoms with Gasteiger partial charge < -0.3 is 40.3 Å². The van der Waals surface area contributed by atoms with E-state index in [1.54, 1.807) is 6.08 Å². The molecule has 1 fully saturated rings. The molecule has 0 aromatic rings. The molecule has 1 saturated heterocycles. The van der Waals surface area contributed by atoms with Crippen LogP contribution in [0, 0.1) is 0 Å². The molecule has 0 aromatic carbocycles. The molecule has 6 N–H and O–H groups in total. The van der Waals surface area contributed by atoms with Crippen molar-refractivity contribution >= 4 is 5.91 Å². The molecule has 0 saturated carbocycles. The molecule has 0 spiro atoms. The van der Waals surface area contributed by atoms with Gasteiger partial charge in [-0.15, -0.1) is 0 Å². The van der Waals surface area contributed by atoms with Gasteiger partial charge in [-0.1, -0.05) is 334 Å². The summed E-state index contributed by atoms with van der Waals surface area (Å²) in [5, 5.41) is 54.6. The Morgan fingerprint density at radius 3 is 1.03 bits per heavy atom. The lowest BCUT2D eigenvalue weighted by Gasteiger charge is -2.40. The minimum Gasteiger partial charge on any atom is -0.394 e. The molecule has 1 heterocycles. The maximum atomic E-state index is 13.1. The summed E-state index contributed by atoms with van der Waals surface area (Å²) in [6, 6.07) is -0.803. The number of carbonyl (C=O) groups excluding carboxylic acids is 1. The third kappa shape index (κ3) is 48.7. The number of rotatable bonds is 62. The zero-order valence-corrected chi connectivity index (χ0v) is 52.4. The number of unbranched alkanes of at least 4 members (excludes halogenated alkanes) is 50. The number of ether oxygens (including phenoxy) is 2. The second-order valence-corrected chi connectivity index (χ2v) is 24.7. The summed E-state index contributed by atoms with van der Waals surface area (Å²) in [6.45, 7) is 3.83. The van der Waals surface area contributed by atoms with Gasteiger partial charge in [0, 0.05) is 6.42 Å². The first-order valence-corrected chi connectivity index (χ1v) is 35.1. The highest BCUT2D eigenvalue weighted by Crippen LogP contribution is 2.23. The lowest BCUT2D eigenvalue weighted by atomic mass is 9.99. The van der Waals surface area contributed by atoms with Crippen LogP contribution in [-0.2, 0) is 14.3 Å². The van der Waals surface area contributed by atoms with E-state index in [0.29, 0.717) is 6.42 Å². The zero-order valence-electron chi connectivity index (χ0n) is 52.4. The van der Waals surface area contributed by atoms with Crippen LogP contribution in [-0.4, -0.2) is 87.5 Å². The fraction of sp³-hybridized carbons (Fsp3) is 0.929. The van der Waals surface area contributed by atoms with Gasteiger partial charge in [0.2, 0.25) is 5.91 Å². The van der Waals surface area contributed by atoms with Crippen molar-refractivity contribution in [1.29, 1.82) is 0 Å². The number of aliphatic hydroxyl groups excluding tert-OH is 5. The van der Waals surface area contributed by atoms with Gasteiger partial charge in [0.25, 0.3) is 0 Å². The van der Waals surface area contributed by atoms with Crippen LogP contribution in [0.2, 0.25) is 0 Å². The summed E-state index contributed by atoms with van der Waals surface area (Å²) >= 11 is 0. The van der Waals surface area contributed by atoms with E-state index in [-0.39, 0.29) is 12.5 Å². The van der Waals surface area contributed by atoms with Crippen molar-refractivity contribution in [3.63, 3.8) is 0 Å². The monoisotopic (exact) mass is 1120 g/mol. The van der Waals surface area contributed by atoms with E-state index in [9.17, 15) is 30.3 Å². The normalized spacial score (nSPS) is 18.6. The van der Waals surface area contributed by atoms with E-state index in [1.807, 2.05) is 6.08 Å². The average Bonchev–Trinajstić information content (AvgIpc) is 3.47. The molecule has 7 atom stereocenters. The third-order valence-electron chi connectivity index (χ3n) is 17.0. The average molecular weight is 1120 g/mol. The van der Waals surface area contributed by atoms with Crippen LogP contribution in [0.1, 0.15) is 361 Å². The molecule has 9 nitrogen and oxygen atoms in total. The number of carbonyl (C=O) groups is 1. The molecule has 0 bridgehead atoms. The fourth-order valence-electron chi connectivity index (χ4n) is 11.5. The van der Waals surface area contributed by atoms with Gasteiger partial charge in [-0.25, -0.2) is 0 Å². The summed E-state index contributed by atoms with van der Waals surface area (Å²) in [5.41, 5.74) is 0. The highest BCUT2D eigenvalue weighted by molar-refractivity contribution is 5.76. The topological polar surface area (TPSA) is 149 Å². The summed E-state index contributed by atoms with van der Waals surface area (Å²) in [6.07, 6.45) is 71.6. The number of hydrogen-bond donors (Lipinski definition) is 6. The molecule has 0 radical (unpaired) electrons. The minimum absolute atomic E-state index is 0.170. The summed E-state index contributed by atoms with van der Waals surface area (Å²) in [4.78, 5) is 13.1. The van der Waals surface area contributed by atoms with Gasteiger partial charge in [-0.3, -0.25) is 4.79 Å². The molecule has 0 aromatic heterocycles. The smallest absolute Gasteiger partial charge is 0.220 e. The Morgan fingerprint density at radius 2 is 0.709 bits per heavy atom. The maximum Gasteiger partial charge on any atom is 0.220 e. The third-order valence-corrected chi connectivity index (χ3v) is 17.0. The molecule has 9 heteroatoms. The Kier molecular flexibility index (Phi) is 57.3. The number of amides is 1. The predicted molar refractivity (Wildman–Crippen MR) is 337 cm³/mol. The van der Waals surface area contributed by atoms with Crippen molar-refractivity contribution in [2.75, 3.05) is 13.2 Å². The number of allylic oxidation sites excluding steroid dienone is 3. The molecular formula is C70H135NO8. The van der Waals surface area contributed by atoms with E-state index in [4.69, 9.17) is 9.47 Å². The van der Waals surface area contributed by atoms with Crippen LogP contribution in [0.5, 0.6) is 0 Å².